The lowest BCUT2D eigenvalue weighted by atomic mass is 14.0. The number of hydrogen-bond donors (Lipinski definition) is 10. The van der Waals surface area contributed by atoms with Crippen LogP contribution in [0, 0.1) is 0 Å². The molecule has 0 aromatic carbocycles. The molecule has 0 bridgehead atoms. The van der Waals surface area contributed by atoms with Gasteiger partial charge >= 0.3 is 23.5 Å². The Balaban J connectivity index is -0.0000000655. The lowest BCUT2D eigenvalue weighted by Gasteiger charge is -1.82. The molecule has 104 valence electrons. The molecule has 0 atom stereocenters. The Morgan fingerprint density at radius 1 is 0.438 bits per heavy atom. The highest BCUT2D eigenvalue weighted by Crippen LogP contribution is 2.26. The molecule has 0 fully saturated rings. The first-order chi connectivity index (χ1) is 6.00. The summed E-state index contributed by atoms with van der Waals surface area (Å²) in [4.78, 5) is 64.7. The third-order valence-corrected chi connectivity index (χ3v) is 0. The molecule has 0 saturated carbocycles. The third-order valence-electron chi connectivity index (χ3n) is 0. The van der Waals surface area contributed by atoms with Gasteiger partial charge < -0.3 is 50.2 Å². The van der Waals surface area contributed by atoms with Crippen LogP contribution in [0.1, 0.15) is 0 Å². The Labute approximate surface area is 88.3 Å². The molecule has 0 radical (unpaired) electrons. The second-order valence-corrected chi connectivity index (χ2v) is 4.62. The molecule has 0 aliphatic carbocycles. The normalized spacial score (nSPS) is 11.1. The second-order valence-electron chi connectivity index (χ2n) is 1.54. The van der Waals surface area contributed by atoms with Gasteiger partial charge in [0, 0.05) is 0 Å². The Morgan fingerprint density at radius 3 is 0.438 bits per heavy atom. The predicted molar refractivity (Wildman–Crippen MR) is 47.8 cm³/mol. The first-order valence-electron chi connectivity index (χ1n) is 2.35. The summed E-state index contributed by atoms with van der Waals surface area (Å²) in [7, 11) is -13.9. The summed E-state index contributed by atoms with van der Waals surface area (Å²) in [5.41, 5.74) is 0. The second kappa shape index (κ2) is 9.33. The first kappa shape index (κ1) is 25.2. The van der Waals surface area contributed by atoms with E-state index in [2.05, 4.69) is 0 Å². The molecule has 12 N–H and O–H groups in total. The quantitative estimate of drug-likeness (QED) is 0.205. The van der Waals surface area contributed by atoms with Crippen LogP contribution in [0.3, 0.4) is 0 Å². The average Bonchev–Trinajstić information content (AvgIpc) is 1.41. The Kier molecular flexibility index (Phi) is 14.7. The lowest BCUT2D eigenvalue weighted by Crippen LogP contribution is -1.66. The molecule has 16 heavy (non-hydrogen) atoms. The van der Waals surface area contributed by atoms with Crippen LogP contribution >= 0.6 is 23.5 Å². The van der Waals surface area contributed by atoms with Crippen LogP contribution in [0.4, 0.5) is 0 Å². The zero-order valence-corrected chi connectivity index (χ0v) is 9.98. The molecular weight excluding hydrogens is 299 g/mol. The van der Waals surface area contributed by atoms with E-state index >= 15 is 0 Å². The van der Waals surface area contributed by atoms with E-state index < -0.39 is 23.5 Å². The van der Waals surface area contributed by atoms with Gasteiger partial charge in [0.2, 0.25) is 0 Å². The molecule has 0 amide bonds. The van der Waals surface area contributed by atoms with Crippen LogP contribution < -0.4 is 6.15 Å². The van der Waals surface area contributed by atoms with E-state index in [4.69, 9.17) is 57.7 Å². The van der Waals surface area contributed by atoms with Crippen molar-refractivity contribution in [1.29, 1.82) is 0 Å². The molecule has 0 aliphatic heterocycles. The maximum Gasteiger partial charge on any atom is 0.466 e. The zero-order chi connectivity index (χ0) is 13.5. The lowest BCUT2D eigenvalue weighted by molar-refractivity contribution is 0.272. The fraction of sp³-hybridized carbons (Fsp3) is 0. The van der Waals surface area contributed by atoms with Crippen molar-refractivity contribution < 1.29 is 57.7 Å². The van der Waals surface area contributed by atoms with Gasteiger partial charge in [0.05, 0.1) is 0 Å². The topological polar surface area (TPSA) is 268 Å². The van der Waals surface area contributed by atoms with Gasteiger partial charge in [-0.1, -0.05) is 0 Å². The molecule has 0 aromatic rings. The summed E-state index contributed by atoms with van der Waals surface area (Å²) in [6.45, 7) is 0. The number of hydrogen-bond acceptors (Lipinski definition) is 4. The van der Waals surface area contributed by atoms with Crippen LogP contribution in [-0.4, -0.2) is 44.0 Å². The highest BCUT2D eigenvalue weighted by molar-refractivity contribution is 7.45. The third kappa shape index (κ3) is 30000. The van der Waals surface area contributed by atoms with Gasteiger partial charge in [-0.15, -0.1) is 0 Å². The molecule has 0 rings (SSSR count). The largest absolute Gasteiger partial charge is 0.466 e. The number of rotatable bonds is 0. The SMILES string of the molecule is N.O=P(O)(O)O.O=P(O)(O)O.O=P(O)(O)O. The predicted octanol–water partition coefficient (Wildman–Crippen LogP) is -2.62. The highest BCUT2D eigenvalue weighted by atomic mass is 31.2. The van der Waals surface area contributed by atoms with Crippen molar-refractivity contribution in [3.63, 3.8) is 0 Å². The van der Waals surface area contributed by atoms with Crippen molar-refractivity contribution in [2.45, 2.75) is 0 Å². The van der Waals surface area contributed by atoms with Crippen LogP contribution in [-0.2, 0) is 13.7 Å². The van der Waals surface area contributed by atoms with E-state index in [-0.39, 0.29) is 6.15 Å². The summed E-state index contributed by atoms with van der Waals surface area (Å²) < 4.78 is 26.6. The first-order valence-corrected chi connectivity index (χ1v) is 7.04. The van der Waals surface area contributed by atoms with Gasteiger partial charge in [-0.3, -0.25) is 0 Å². The van der Waals surface area contributed by atoms with Crippen molar-refractivity contribution >= 4 is 23.5 Å². The molecule has 0 spiro atoms. The fourth-order valence-corrected chi connectivity index (χ4v) is 0. The zero-order valence-electron chi connectivity index (χ0n) is 7.30. The maximum atomic E-state index is 8.88. The van der Waals surface area contributed by atoms with Crippen molar-refractivity contribution in [2.75, 3.05) is 0 Å². The monoisotopic (exact) mass is 311 g/mol. The van der Waals surface area contributed by atoms with E-state index in [0.29, 0.717) is 0 Å². The molecule has 0 heterocycles. The summed E-state index contributed by atoms with van der Waals surface area (Å²) >= 11 is 0. The molecule has 0 aliphatic rings. The van der Waals surface area contributed by atoms with E-state index in [1.807, 2.05) is 0 Å². The van der Waals surface area contributed by atoms with Crippen LogP contribution in [0.5, 0.6) is 0 Å². The minimum Gasteiger partial charge on any atom is -0.344 e. The van der Waals surface area contributed by atoms with E-state index in [0.717, 1.165) is 0 Å². The van der Waals surface area contributed by atoms with Crippen LogP contribution in [0.25, 0.3) is 0 Å². The summed E-state index contributed by atoms with van der Waals surface area (Å²) in [5.74, 6) is 0. The molecular formula is H12NO12P3. The van der Waals surface area contributed by atoms with Crippen molar-refractivity contribution in [3.8, 4) is 0 Å². The molecule has 0 saturated heterocycles. The van der Waals surface area contributed by atoms with Gasteiger partial charge in [-0.2, -0.15) is 0 Å². The maximum absolute atomic E-state index is 8.88. The van der Waals surface area contributed by atoms with Gasteiger partial charge in [-0.05, 0) is 0 Å². The minimum atomic E-state index is -4.64. The van der Waals surface area contributed by atoms with Crippen LogP contribution in [0.2, 0.25) is 0 Å². The van der Waals surface area contributed by atoms with Gasteiger partial charge in [0.1, 0.15) is 0 Å². The molecule has 0 unspecified atom stereocenters. The smallest absolute Gasteiger partial charge is 0.344 e. The summed E-state index contributed by atoms with van der Waals surface area (Å²) in [6, 6.07) is 0. The van der Waals surface area contributed by atoms with E-state index in [1.165, 1.54) is 0 Å². The summed E-state index contributed by atoms with van der Waals surface area (Å²) in [6.07, 6.45) is 0. The standard InChI is InChI=1S/H3N.3H3O4P/c;3*1-5(2,3)4/h1H3;3*(H3,1,2,3,4). The fourth-order valence-electron chi connectivity index (χ4n) is 0. The molecule has 13 nitrogen and oxygen atoms in total. The van der Waals surface area contributed by atoms with E-state index in [1.54, 1.807) is 0 Å². The Bertz CT molecular complexity index is 202. The Hall–Kier alpha value is 0.290. The average molecular weight is 311 g/mol. The van der Waals surface area contributed by atoms with E-state index in [9.17, 15) is 0 Å². The summed E-state index contributed by atoms with van der Waals surface area (Å²) in [5, 5.41) is 0. The molecule has 0 aromatic heterocycles. The minimum absolute atomic E-state index is 0. The van der Waals surface area contributed by atoms with Crippen molar-refractivity contribution in [3.05, 3.63) is 0 Å². The van der Waals surface area contributed by atoms with Crippen molar-refractivity contribution in [1.82, 2.24) is 6.15 Å². The molecule has 16 heteroatoms. The van der Waals surface area contributed by atoms with Crippen LogP contribution in [0.15, 0.2) is 0 Å². The van der Waals surface area contributed by atoms with Crippen molar-refractivity contribution in [2.24, 2.45) is 0 Å². The van der Waals surface area contributed by atoms with Gasteiger partial charge in [0.15, 0.2) is 0 Å². The van der Waals surface area contributed by atoms with Gasteiger partial charge in [0.25, 0.3) is 0 Å². The Morgan fingerprint density at radius 2 is 0.438 bits per heavy atom. The van der Waals surface area contributed by atoms with Gasteiger partial charge in [-0.25, -0.2) is 13.7 Å². The number of phosphoric acid groups is 3. The highest BCUT2D eigenvalue weighted by Gasteiger charge is 2.01.